The van der Waals surface area contributed by atoms with Crippen LogP contribution < -0.4 is 5.32 Å². The molecule has 1 aromatic rings. The number of ether oxygens (including phenoxy) is 1. The molecule has 1 rings (SSSR count). The number of halogens is 2. The summed E-state index contributed by atoms with van der Waals surface area (Å²) >= 11 is 5.40. The SMILES string of the molecule is O=C(NCCOCCCl)c1ccccc1F. The minimum atomic E-state index is -0.526. The fraction of sp³-hybridized carbons (Fsp3) is 0.364. The lowest BCUT2D eigenvalue weighted by molar-refractivity contribution is 0.0919. The third kappa shape index (κ3) is 4.16. The Bertz CT molecular complexity index is 347. The largest absolute Gasteiger partial charge is 0.378 e. The van der Waals surface area contributed by atoms with E-state index >= 15 is 0 Å². The van der Waals surface area contributed by atoms with E-state index < -0.39 is 11.7 Å². The van der Waals surface area contributed by atoms with Crippen molar-refractivity contribution in [1.82, 2.24) is 5.32 Å². The zero-order chi connectivity index (χ0) is 11.8. The van der Waals surface area contributed by atoms with Gasteiger partial charge >= 0.3 is 0 Å². The van der Waals surface area contributed by atoms with Crippen molar-refractivity contribution in [2.45, 2.75) is 0 Å². The molecule has 16 heavy (non-hydrogen) atoms. The lowest BCUT2D eigenvalue weighted by Crippen LogP contribution is -2.28. The summed E-state index contributed by atoms with van der Waals surface area (Å²) in [6.45, 7) is 1.15. The maximum absolute atomic E-state index is 13.2. The average Bonchev–Trinajstić information content (AvgIpc) is 2.29. The van der Waals surface area contributed by atoms with E-state index in [1.165, 1.54) is 18.2 Å². The Morgan fingerprint density at radius 1 is 1.38 bits per heavy atom. The molecule has 0 heterocycles. The molecular formula is C11H13ClFNO2. The summed E-state index contributed by atoms with van der Waals surface area (Å²) in [4.78, 5) is 11.5. The van der Waals surface area contributed by atoms with Crippen LogP contribution in [0.25, 0.3) is 0 Å². The van der Waals surface area contributed by atoms with Crippen LogP contribution in [0.4, 0.5) is 4.39 Å². The number of amides is 1. The second-order valence-electron chi connectivity index (χ2n) is 3.04. The molecule has 1 aromatic carbocycles. The molecule has 0 bridgehead atoms. The van der Waals surface area contributed by atoms with E-state index in [0.29, 0.717) is 25.6 Å². The number of alkyl halides is 1. The fourth-order valence-corrected chi connectivity index (χ4v) is 1.24. The van der Waals surface area contributed by atoms with Crippen molar-refractivity contribution < 1.29 is 13.9 Å². The zero-order valence-electron chi connectivity index (χ0n) is 8.71. The van der Waals surface area contributed by atoms with Gasteiger partial charge in [-0.15, -0.1) is 11.6 Å². The molecule has 5 heteroatoms. The molecule has 0 aliphatic rings. The van der Waals surface area contributed by atoms with Crippen molar-refractivity contribution in [2.24, 2.45) is 0 Å². The van der Waals surface area contributed by atoms with E-state index in [1.54, 1.807) is 6.07 Å². The normalized spacial score (nSPS) is 10.1. The number of hydrogen-bond donors (Lipinski definition) is 1. The van der Waals surface area contributed by atoms with E-state index in [4.69, 9.17) is 16.3 Å². The first-order valence-corrected chi connectivity index (χ1v) is 5.45. The standard InChI is InChI=1S/C11H13ClFNO2/c12-5-7-16-8-6-14-11(15)9-3-1-2-4-10(9)13/h1-4H,5-8H2,(H,14,15). The highest BCUT2D eigenvalue weighted by molar-refractivity contribution is 6.17. The van der Waals surface area contributed by atoms with Gasteiger partial charge in [-0.25, -0.2) is 4.39 Å². The van der Waals surface area contributed by atoms with Crippen LogP contribution in [0.5, 0.6) is 0 Å². The topological polar surface area (TPSA) is 38.3 Å². The van der Waals surface area contributed by atoms with Gasteiger partial charge in [-0.1, -0.05) is 12.1 Å². The van der Waals surface area contributed by atoms with Gasteiger partial charge < -0.3 is 10.1 Å². The van der Waals surface area contributed by atoms with Crippen LogP contribution in [0.1, 0.15) is 10.4 Å². The van der Waals surface area contributed by atoms with Gasteiger partial charge in [0, 0.05) is 12.4 Å². The summed E-state index contributed by atoms with van der Waals surface area (Å²) < 4.78 is 18.2. The quantitative estimate of drug-likeness (QED) is 0.613. The number of nitrogens with one attached hydrogen (secondary N) is 1. The molecule has 3 nitrogen and oxygen atoms in total. The maximum atomic E-state index is 13.2. The van der Waals surface area contributed by atoms with Crippen molar-refractivity contribution in [3.05, 3.63) is 35.6 Å². The molecule has 88 valence electrons. The van der Waals surface area contributed by atoms with Gasteiger partial charge in [0.2, 0.25) is 0 Å². The van der Waals surface area contributed by atoms with Gasteiger partial charge in [0.25, 0.3) is 5.91 Å². The molecule has 0 aliphatic carbocycles. The van der Waals surface area contributed by atoms with Gasteiger partial charge in [-0.05, 0) is 12.1 Å². The number of carbonyl (C=O) groups is 1. The summed E-state index contributed by atoms with van der Waals surface area (Å²) in [5.74, 6) is -0.546. The van der Waals surface area contributed by atoms with Gasteiger partial charge in [-0.3, -0.25) is 4.79 Å². The first-order chi connectivity index (χ1) is 7.75. The van der Waals surface area contributed by atoms with Crippen molar-refractivity contribution in [3.63, 3.8) is 0 Å². The second kappa shape index (κ2) is 7.19. The lowest BCUT2D eigenvalue weighted by Gasteiger charge is -2.06. The van der Waals surface area contributed by atoms with E-state index in [1.807, 2.05) is 0 Å². The highest BCUT2D eigenvalue weighted by atomic mass is 35.5. The summed E-state index contributed by atoms with van der Waals surface area (Å²) in [6, 6.07) is 5.83. The van der Waals surface area contributed by atoms with E-state index in [2.05, 4.69) is 5.32 Å². The molecular weight excluding hydrogens is 233 g/mol. The molecule has 0 saturated heterocycles. The number of hydrogen-bond acceptors (Lipinski definition) is 2. The fourth-order valence-electron chi connectivity index (χ4n) is 1.13. The summed E-state index contributed by atoms with van der Waals surface area (Å²) in [5.41, 5.74) is 0.0415. The Kier molecular flexibility index (Phi) is 5.82. The monoisotopic (exact) mass is 245 g/mol. The number of benzene rings is 1. The van der Waals surface area contributed by atoms with Crippen LogP contribution in [0.3, 0.4) is 0 Å². The Morgan fingerprint density at radius 3 is 2.81 bits per heavy atom. The minimum absolute atomic E-state index is 0.0415. The van der Waals surface area contributed by atoms with Gasteiger partial charge in [0.05, 0.1) is 18.8 Å². The van der Waals surface area contributed by atoms with Crippen LogP contribution in [0.15, 0.2) is 24.3 Å². The minimum Gasteiger partial charge on any atom is -0.378 e. The molecule has 0 aromatic heterocycles. The molecule has 1 N–H and O–H groups in total. The summed E-state index contributed by atoms with van der Waals surface area (Å²) in [5, 5.41) is 2.55. The molecule has 1 amide bonds. The Balaban J connectivity index is 2.33. The first-order valence-electron chi connectivity index (χ1n) is 4.92. The van der Waals surface area contributed by atoms with Gasteiger partial charge in [0.1, 0.15) is 5.82 Å². The number of carbonyl (C=O) groups excluding carboxylic acids is 1. The van der Waals surface area contributed by atoms with Gasteiger partial charge in [0.15, 0.2) is 0 Å². The Labute approximate surface area is 98.5 Å². The Hall–Kier alpha value is -1.13. The van der Waals surface area contributed by atoms with Crippen LogP contribution in [-0.2, 0) is 4.74 Å². The van der Waals surface area contributed by atoms with Crippen molar-refractivity contribution in [3.8, 4) is 0 Å². The van der Waals surface area contributed by atoms with Crippen molar-refractivity contribution in [1.29, 1.82) is 0 Å². The van der Waals surface area contributed by atoms with Crippen LogP contribution in [0.2, 0.25) is 0 Å². The smallest absolute Gasteiger partial charge is 0.254 e. The third-order valence-electron chi connectivity index (χ3n) is 1.87. The van der Waals surface area contributed by atoms with Crippen molar-refractivity contribution in [2.75, 3.05) is 25.6 Å². The van der Waals surface area contributed by atoms with Gasteiger partial charge in [-0.2, -0.15) is 0 Å². The highest BCUT2D eigenvalue weighted by Crippen LogP contribution is 2.05. The molecule has 0 aliphatic heterocycles. The van der Waals surface area contributed by atoms with E-state index in [0.717, 1.165) is 0 Å². The zero-order valence-corrected chi connectivity index (χ0v) is 9.47. The molecule has 0 unspecified atom stereocenters. The van der Waals surface area contributed by atoms with Crippen LogP contribution >= 0.6 is 11.6 Å². The molecule has 0 fully saturated rings. The molecule has 0 radical (unpaired) electrons. The third-order valence-corrected chi connectivity index (χ3v) is 2.03. The first kappa shape index (κ1) is 12.9. The van der Waals surface area contributed by atoms with Crippen molar-refractivity contribution >= 4 is 17.5 Å². The summed E-state index contributed by atoms with van der Waals surface area (Å²) in [6.07, 6.45) is 0. The maximum Gasteiger partial charge on any atom is 0.254 e. The number of rotatable bonds is 6. The predicted molar refractivity (Wildman–Crippen MR) is 60.3 cm³/mol. The Morgan fingerprint density at radius 2 is 2.12 bits per heavy atom. The molecule has 0 atom stereocenters. The van der Waals surface area contributed by atoms with E-state index in [9.17, 15) is 9.18 Å². The van der Waals surface area contributed by atoms with Crippen LogP contribution in [0, 0.1) is 5.82 Å². The molecule has 0 spiro atoms. The predicted octanol–water partition coefficient (Wildman–Crippen LogP) is 1.81. The second-order valence-corrected chi connectivity index (χ2v) is 3.42. The molecule has 0 saturated carbocycles. The summed E-state index contributed by atoms with van der Waals surface area (Å²) in [7, 11) is 0. The lowest BCUT2D eigenvalue weighted by atomic mass is 10.2. The average molecular weight is 246 g/mol. The van der Waals surface area contributed by atoms with Crippen LogP contribution in [-0.4, -0.2) is 31.5 Å². The van der Waals surface area contributed by atoms with E-state index in [-0.39, 0.29) is 5.56 Å². The highest BCUT2D eigenvalue weighted by Gasteiger charge is 2.09.